The van der Waals surface area contributed by atoms with Crippen molar-refractivity contribution in [3.05, 3.63) is 0 Å². The van der Waals surface area contributed by atoms with E-state index in [1.54, 1.807) is 6.92 Å². The number of methoxy groups -OCH3 is 1. The predicted molar refractivity (Wildman–Crippen MR) is 52.1 cm³/mol. The van der Waals surface area contributed by atoms with E-state index in [4.69, 9.17) is 0 Å². The van der Waals surface area contributed by atoms with E-state index in [-0.39, 0.29) is 17.9 Å². The molecule has 1 N–H and O–H groups in total. The predicted octanol–water partition coefficient (Wildman–Crippen LogP) is 0.797. The van der Waals surface area contributed by atoms with Gasteiger partial charge in [0.1, 0.15) is 6.04 Å². The van der Waals surface area contributed by atoms with Crippen molar-refractivity contribution in [2.75, 3.05) is 13.7 Å². The van der Waals surface area contributed by atoms with Crippen LogP contribution in [0.1, 0.15) is 20.8 Å². The highest BCUT2D eigenvalue weighted by Gasteiger charge is 2.21. The third kappa shape index (κ3) is 4.54. The molecule has 0 amide bonds. The summed E-state index contributed by atoms with van der Waals surface area (Å²) in [5.41, 5.74) is 0. The first-order valence-corrected chi connectivity index (χ1v) is 4.34. The molecule has 0 aromatic rings. The van der Waals surface area contributed by atoms with Gasteiger partial charge in [0.05, 0.1) is 13.7 Å². The molecule has 74 valence electrons. The molecule has 3 nitrogen and oxygen atoms in total. The Kier molecular flexibility index (Phi) is 5.99. The van der Waals surface area contributed by atoms with Crippen LogP contribution in [0.25, 0.3) is 0 Å². The van der Waals surface area contributed by atoms with Crippen molar-refractivity contribution in [3.8, 4) is 11.8 Å². The van der Waals surface area contributed by atoms with Crippen molar-refractivity contribution < 1.29 is 9.53 Å². The number of hydrogen-bond donors (Lipinski definition) is 1. The molecule has 0 spiro atoms. The molecule has 0 fully saturated rings. The summed E-state index contributed by atoms with van der Waals surface area (Å²) in [6, 6.07) is -0.258. The highest BCUT2D eigenvalue weighted by atomic mass is 16.5. The van der Waals surface area contributed by atoms with Crippen LogP contribution in [0.3, 0.4) is 0 Å². The van der Waals surface area contributed by atoms with Crippen LogP contribution in [0.15, 0.2) is 0 Å². The molecule has 13 heavy (non-hydrogen) atoms. The van der Waals surface area contributed by atoms with Gasteiger partial charge in [-0.1, -0.05) is 19.8 Å². The molecule has 0 aromatic heterocycles. The van der Waals surface area contributed by atoms with Crippen molar-refractivity contribution in [3.63, 3.8) is 0 Å². The molecule has 1 unspecified atom stereocenters. The van der Waals surface area contributed by atoms with Crippen LogP contribution < -0.4 is 5.32 Å². The first-order chi connectivity index (χ1) is 6.13. The van der Waals surface area contributed by atoms with E-state index >= 15 is 0 Å². The number of hydrogen-bond acceptors (Lipinski definition) is 3. The Bertz CT molecular complexity index is 213. The van der Waals surface area contributed by atoms with Gasteiger partial charge in [0.25, 0.3) is 0 Å². The van der Waals surface area contributed by atoms with E-state index < -0.39 is 0 Å². The van der Waals surface area contributed by atoms with Crippen molar-refractivity contribution >= 4 is 5.97 Å². The lowest BCUT2D eigenvalue weighted by atomic mass is 10.1. The Morgan fingerprint density at radius 1 is 1.54 bits per heavy atom. The molecular weight excluding hydrogens is 166 g/mol. The molecule has 0 aromatic carbocycles. The van der Waals surface area contributed by atoms with E-state index in [0.717, 1.165) is 0 Å². The Balaban J connectivity index is 4.07. The molecule has 0 aliphatic rings. The van der Waals surface area contributed by atoms with Crippen LogP contribution in [0.2, 0.25) is 0 Å². The average molecular weight is 183 g/mol. The van der Waals surface area contributed by atoms with Crippen LogP contribution in [-0.4, -0.2) is 25.7 Å². The molecule has 3 heteroatoms. The minimum atomic E-state index is -0.258. The van der Waals surface area contributed by atoms with Crippen molar-refractivity contribution in [2.45, 2.75) is 26.8 Å². The van der Waals surface area contributed by atoms with Crippen molar-refractivity contribution in [2.24, 2.45) is 5.92 Å². The molecule has 0 aliphatic carbocycles. The van der Waals surface area contributed by atoms with Crippen LogP contribution in [0.5, 0.6) is 0 Å². The Morgan fingerprint density at radius 2 is 2.15 bits per heavy atom. The maximum Gasteiger partial charge on any atom is 0.323 e. The Labute approximate surface area is 79.8 Å². The van der Waals surface area contributed by atoms with Crippen molar-refractivity contribution in [1.29, 1.82) is 0 Å². The monoisotopic (exact) mass is 183 g/mol. The van der Waals surface area contributed by atoms with Crippen LogP contribution >= 0.6 is 0 Å². The van der Waals surface area contributed by atoms with Gasteiger partial charge >= 0.3 is 5.97 Å². The lowest BCUT2D eigenvalue weighted by Crippen LogP contribution is -2.41. The number of carbonyl (C=O) groups is 1. The fourth-order valence-electron chi connectivity index (χ4n) is 0.968. The standard InChI is InChI=1S/C10H17NO2/c1-5-6-7-11-9(8(2)3)10(12)13-4/h8-9,11H,7H2,1-4H3. The number of ether oxygens (including phenoxy) is 1. The molecule has 0 heterocycles. The van der Waals surface area contributed by atoms with E-state index in [2.05, 4.69) is 21.9 Å². The Morgan fingerprint density at radius 3 is 2.54 bits per heavy atom. The van der Waals surface area contributed by atoms with Gasteiger partial charge in [-0.05, 0) is 12.8 Å². The summed E-state index contributed by atoms with van der Waals surface area (Å²) in [6.45, 7) is 6.22. The SMILES string of the molecule is CC#CCNC(C(=O)OC)C(C)C. The first-order valence-electron chi connectivity index (χ1n) is 4.34. The maximum atomic E-state index is 11.2. The fraction of sp³-hybridized carbons (Fsp3) is 0.700. The third-order valence-corrected chi connectivity index (χ3v) is 1.71. The largest absolute Gasteiger partial charge is 0.468 e. The minimum absolute atomic E-state index is 0.214. The van der Waals surface area contributed by atoms with E-state index in [1.165, 1.54) is 7.11 Å². The zero-order valence-electron chi connectivity index (χ0n) is 8.68. The highest BCUT2D eigenvalue weighted by Crippen LogP contribution is 2.02. The topological polar surface area (TPSA) is 38.3 Å². The highest BCUT2D eigenvalue weighted by molar-refractivity contribution is 5.75. The summed E-state index contributed by atoms with van der Waals surface area (Å²) in [4.78, 5) is 11.2. The molecule has 0 aliphatic heterocycles. The second kappa shape index (κ2) is 6.50. The summed E-state index contributed by atoms with van der Waals surface area (Å²) in [7, 11) is 1.39. The van der Waals surface area contributed by atoms with Gasteiger partial charge in [0.15, 0.2) is 0 Å². The number of nitrogens with one attached hydrogen (secondary N) is 1. The molecule has 0 radical (unpaired) electrons. The van der Waals surface area contributed by atoms with E-state index in [1.807, 2.05) is 13.8 Å². The molecule has 0 rings (SSSR count). The summed E-state index contributed by atoms with van der Waals surface area (Å²) in [5.74, 6) is 5.58. The summed E-state index contributed by atoms with van der Waals surface area (Å²) >= 11 is 0. The smallest absolute Gasteiger partial charge is 0.323 e. The first kappa shape index (κ1) is 12.0. The van der Waals surface area contributed by atoms with Gasteiger partial charge in [-0.25, -0.2) is 0 Å². The van der Waals surface area contributed by atoms with Crippen molar-refractivity contribution in [1.82, 2.24) is 5.32 Å². The van der Waals surface area contributed by atoms with Gasteiger partial charge in [-0.15, -0.1) is 5.92 Å². The number of carbonyl (C=O) groups excluding carboxylic acids is 1. The Hall–Kier alpha value is -1.01. The molecule has 0 saturated heterocycles. The van der Waals surface area contributed by atoms with Gasteiger partial charge in [-0.2, -0.15) is 0 Å². The molecule has 0 bridgehead atoms. The normalized spacial score (nSPS) is 11.8. The summed E-state index contributed by atoms with van der Waals surface area (Å²) in [6.07, 6.45) is 0. The zero-order chi connectivity index (χ0) is 10.3. The molecule has 1 atom stereocenters. The van der Waals surface area contributed by atoms with E-state index in [0.29, 0.717) is 6.54 Å². The van der Waals surface area contributed by atoms with Crippen LogP contribution in [-0.2, 0) is 9.53 Å². The molecular formula is C10H17NO2. The maximum absolute atomic E-state index is 11.2. The lowest BCUT2D eigenvalue weighted by Gasteiger charge is -2.18. The van der Waals surface area contributed by atoms with Crippen LogP contribution in [0.4, 0.5) is 0 Å². The molecule has 0 saturated carbocycles. The van der Waals surface area contributed by atoms with Gasteiger partial charge in [-0.3, -0.25) is 10.1 Å². The van der Waals surface area contributed by atoms with Crippen LogP contribution in [0, 0.1) is 17.8 Å². The second-order valence-electron chi connectivity index (χ2n) is 3.05. The summed E-state index contributed by atoms with van der Waals surface area (Å²) < 4.78 is 4.65. The lowest BCUT2D eigenvalue weighted by molar-refractivity contribution is -0.144. The third-order valence-electron chi connectivity index (χ3n) is 1.71. The van der Waals surface area contributed by atoms with Gasteiger partial charge in [0.2, 0.25) is 0 Å². The quantitative estimate of drug-likeness (QED) is 0.517. The zero-order valence-corrected chi connectivity index (χ0v) is 8.68. The number of esters is 1. The van der Waals surface area contributed by atoms with Gasteiger partial charge < -0.3 is 4.74 Å². The van der Waals surface area contributed by atoms with Gasteiger partial charge in [0, 0.05) is 0 Å². The number of rotatable bonds is 4. The van der Waals surface area contributed by atoms with E-state index in [9.17, 15) is 4.79 Å². The average Bonchev–Trinajstić information content (AvgIpc) is 2.11. The fourth-order valence-corrected chi connectivity index (χ4v) is 0.968. The second-order valence-corrected chi connectivity index (χ2v) is 3.05. The summed E-state index contributed by atoms with van der Waals surface area (Å²) in [5, 5.41) is 3.02. The minimum Gasteiger partial charge on any atom is -0.468 e.